The monoisotopic (exact) mass is 381 g/mol. The van der Waals surface area contributed by atoms with Gasteiger partial charge in [-0.15, -0.1) is 0 Å². The van der Waals surface area contributed by atoms with E-state index >= 15 is 0 Å². The van der Waals surface area contributed by atoms with Crippen LogP contribution in [0.2, 0.25) is 0 Å². The van der Waals surface area contributed by atoms with Gasteiger partial charge in [-0.25, -0.2) is 9.37 Å². The first kappa shape index (κ1) is 18.4. The molecule has 0 bridgehead atoms. The normalized spacial score (nSPS) is 17.1. The molecule has 7 heteroatoms. The topological polar surface area (TPSA) is 62.5 Å². The van der Waals surface area contributed by atoms with Crippen molar-refractivity contribution in [3.05, 3.63) is 48.7 Å². The van der Waals surface area contributed by atoms with Crippen LogP contribution < -0.4 is 5.32 Å². The van der Waals surface area contributed by atoms with Gasteiger partial charge in [0.2, 0.25) is 5.91 Å². The molecule has 1 aliphatic heterocycles. The fourth-order valence-electron chi connectivity index (χ4n) is 3.77. The predicted molar refractivity (Wildman–Crippen MR) is 106 cm³/mol. The highest BCUT2D eigenvalue weighted by molar-refractivity contribution is 5.79. The van der Waals surface area contributed by atoms with E-state index in [0.29, 0.717) is 35.8 Å². The van der Waals surface area contributed by atoms with Crippen LogP contribution >= 0.6 is 0 Å². The van der Waals surface area contributed by atoms with Gasteiger partial charge in [0.05, 0.1) is 6.20 Å². The molecular formula is C21H24FN5O. The van der Waals surface area contributed by atoms with E-state index in [1.807, 2.05) is 21.6 Å². The molecule has 1 fully saturated rings. The Morgan fingerprint density at radius 2 is 2.29 bits per heavy atom. The first-order valence-electron chi connectivity index (χ1n) is 9.71. The average molecular weight is 381 g/mol. The van der Waals surface area contributed by atoms with E-state index < -0.39 is 0 Å². The van der Waals surface area contributed by atoms with Crippen LogP contribution in [0.15, 0.2) is 42.9 Å². The van der Waals surface area contributed by atoms with Crippen LogP contribution in [0.25, 0.3) is 16.9 Å². The Labute approximate surface area is 163 Å². The summed E-state index contributed by atoms with van der Waals surface area (Å²) in [7, 11) is 0. The Morgan fingerprint density at radius 1 is 1.39 bits per heavy atom. The van der Waals surface area contributed by atoms with E-state index in [1.54, 1.807) is 18.5 Å². The van der Waals surface area contributed by atoms with Gasteiger partial charge in [0, 0.05) is 44.0 Å². The molecule has 0 radical (unpaired) electrons. The summed E-state index contributed by atoms with van der Waals surface area (Å²) < 4.78 is 15.6. The van der Waals surface area contributed by atoms with Crippen LogP contribution in [0.4, 0.5) is 10.2 Å². The standard InChI is InChI=1S/C21H24FN5O/c1-15-4-3-10-26(14-15)19(28)7-8-24-21-20(16-5-2-6-17(22)12-16)25-18-13-23-9-11-27(18)21/h2,5-6,9,11-13,15,24H,3-4,7-8,10,14H2,1H3. The summed E-state index contributed by atoms with van der Waals surface area (Å²) in [6, 6.07) is 6.36. The van der Waals surface area contributed by atoms with E-state index in [4.69, 9.17) is 0 Å². The van der Waals surface area contributed by atoms with Crippen LogP contribution in [0, 0.1) is 11.7 Å². The molecule has 1 aromatic carbocycles. The number of nitrogens with one attached hydrogen (secondary N) is 1. The number of halogens is 1. The van der Waals surface area contributed by atoms with Gasteiger partial charge in [-0.3, -0.25) is 14.2 Å². The van der Waals surface area contributed by atoms with E-state index in [2.05, 4.69) is 22.2 Å². The largest absolute Gasteiger partial charge is 0.369 e. The van der Waals surface area contributed by atoms with Gasteiger partial charge in [0.15, 0.2) is 5.65 Å². The Bertz CT molecular complexity index is 986. The van der Waals surface area contributed by atoms with Crippen molar-refractivity contribution in [2.45, 2.75) is 26.2 Å². The molecule has 2 aromatic heterocycles. The summed E-state index contributed by atoms with van der Waals surface area (Å²) in [5.74, 6) is 1.16. The van der Waals surface area contributed by atoms with Crippen molar-refractivity contribution >= 4 is 17.4 Å². The molecule has 1 aliphatic rings. The van der Waals surface area contributed by atoms with Crippen molar-refractivity contribution in [3.8, 4) is 11.3 Å². The minimum atomic E-state index is -0.312. The molecular weight excluding hydrogens is 357 g/mol. The Hall–Kier alpha value is -2.96. The molecule has 1 amide bonds. The van der Waals surface area contributed by atoms with Gasteiger partial charge in [-0.1, -0.05) is 19.1 Å². The van der Waals surface area contributed by atoms with Crippen LogP contribution in [-0.2, 0) is 4.79 Å². The summed E-state index contributed by atoms with van der Waals surface area (Å²) >= 11 is 0. The van der Waals surface area contributed by atoms with Crippen molar-refractivity contribution in [2.75, 3.05) is 25.0 Å². The molecule has 6 nitrogen and oxygen atoms in total. The Morgan fingerprint density at radius 3 is 3.11 bits per heavy atom. The van der Waals surface area contributed by atoms with Crippen molar-refractivity contribution in [3.63, 3.8) is 0 Å². The van der Waals surface area contributed by atoms with Crippen LogP contribution in [0.5, 0.6) is 0 Å². The summed E-state index contributed by atoms with van der Waals surface area (Å²) in [6.45, 7) is 4.37. The zero-order valence-corrected chi connectivity index (χ0v) is 15.9. The maximum absolute atomic E-state index is 13.7. The third kappa shape index (κ3) is 3.83. The molecule has 3 aromatic rings. The first-order valence-corrected chi connectivity index (χ1v) is 9.71. The number of amides is 1. The smallest absolute Gasteiger partial charge is 0.224 e. The number of imidazole rings is 1. The first-order chi connectivity index (χ1) is 13.6. The maximum Gasteiger partial charge on any atom is 0.224 e. The Balaban J connectivity index is 1.53. The van der Waals surface area contributed by atoms with E-state index in [1.165, 1.54) is 18.6 Å². The number of hydrogen-bond acceptors (Lipinski definition) is 4. The number of carbonyl (C=O) groups excluding carboxylic acids is 1. The minimum Gasteiger partial charge on any atom is -0.369 e. The molecule has 146 valence electrons. The van der Waals surface area contributed by atoms with Crippen LogP contribution in [0.3, 0.4) is 0 Å². The molecule has 1 N–H and O–H groups in total. The lowest BCUT2D eigenvalue weighted by Crippen LogP contribution is -2.39. The number of aromatic nitrogens is 3. The zero-order valence-electron chi connectivity index (χ0n) is 15.9. The lowest BCUT2D eigenvalue weighted by Gasteiger charge is -2.31. The molecule has 0 saturated carbocycles. The quantitative estimate of drug-likeness (QED) is 0.734. The molecule has 1 unspecified atom stereocenters. The van der Waals surface area contributed by atoms with Gasteiger partial charge in [-0.05, 0) is 30.9 Å². The number of likely N-dealkylation sites (tertiary alicyclic amines) is 1. The molecule has 3 heterocycles. The highest BCUT2D eigenvalue weighted by atomic mass is 19.1. The second-order valence-corrected chi connectivity index (χ2v) is 7.39. The second-order valence-electron chi connectivity index (χ2n) is 7.39. The van der Waals surface area contributed by atoms with E-state index in [9.17, 15) is 9.18 Å². The summed E-state index contributed by atoms with van der Waals surface area (Å²) in [5.41, 5.74) is 1.99. The van der Waals surface area contributed by atoms with Gasteiger partial charge >= 0.3 is 0 Å². The SMILES string of the molecule is CC1CCCN(C(=O)CCNc2c(-c3cccc(F)c3)nc3cnccn23)C1. The van der Waals surface area contributed by atoms with Gasteiger partial charge in [-0.2, -0.15) is 0 Å². The molecule has 1 saturated heterocycles. The van der Waals surface area contributed by atoms with Crippen molar-refractivity contribution in [1.29, 1.82) is 0 Å². The second kappa shape index (κ2) is 7.96. The molecule has 1 atom stereocenters. The number of benzene rings is 1. The number of fused-ring (bicyclic) bond motifs is 1. The lowest BCUT2D eigenvalue weighted by molar-refractivity contribution is -0.132. The predicted octanol–water partition coefficient (Wildman–Crippen LogP) is 3.60. The summed E-state index contributed by atoms with van der Waals surface area (Å²) in [5, 5.41) is 3.34. The van der Waals surface area contributed by atoms with E-state index in [0.717, 1.165) is 25.3 Å². The fraction of sp³-hybridized carbons (Fsp3) is 0.381. The fourth-order valence-corrected chi connectivity index (χ4v) is 3.77. The molecule has 28 heavy (non-hydrogen) atoms. The number of hydrogen-bond donors (Lipinski definition) is 1. The number of carbonyl (C=O) groups is 1. The highest BCUT2D eigenvalue weighted by Crippen LogP contribution is 2.29. The van der Waals surface area contributed by atoms with E-state index in [-0.39, 0.29) is 11.7 Å². The Kier molecular flexibility index (Phi) is 5.23. The minimum absolute atomic E-state index is 0.168. The summed E-state index contributed by atoms with van der Waals surface area (Å²) in [6.07, 6.45) is 7.82. The summed E-state index contributed by atoms with van der Waals surface area (Å²) in [4.78, 5) is 23.2. The highest BCUT2D eigenvalue weighted by Gasteiger charge is 2.21. The van der Waals surface area contributed by atoms with Crippen molar-refractivity contribution < 1.29 is 9.18 Å². The number of piperidine rings is 1. The zero-order chi connectivity index (χ0) is 19.5. The maximum atomic E-state index is 13.7. The van der Waals surface area contributed by atoms with Gasteiger partial charge < -0.3 is 10.2 Å². The third-order valence-corrected chi connectivity index (χ3v) is 5.17. The van der Waals surface area contributed by atoms with Gasteiger partial charge in [0.25, 0.3) is 0 Å². The number of rotatable bonds is 5. The number of nitrogens with zero attached hydrogens (tertiary/aromatic N) is 4. The third-order valence-electron chi connectivity index (χ3n) is 5.17. The van der Waals surface area contributed by atoms with Crippen molar-refractivity contribution in [1.82, 2.24) is 19.3 Å². The van der Waals surface area contributed by atoms with Gasteiger partial charge in [0.1, 0.15) is 17.3 Å². The van der Waals surface area contributed by atoms with Crippen LogP contribution in [-0.4, -0.2) is 44.8 Å². The molecule has 4 rings (SSSR count). The van der Waals surface area contributed by atoms with Crippen LogP contribution in [0.1, 0.15) is 26.2 Å². The average Bonchev–Trinajstić information content (AvgIpc) is 3.07. The molecule has 0 spiro atoms. The lowest BCUT2D eigenvalue weighted by atomic mass is 10.00. The number of anilines is 1. The molecule has 0 aliphatic carbocycles. The van der Waals surface area contributed by atoms with Crippen molar-refractivity contribution in [2.24, 2.45) is 5.92 Å².